The Balaban J connectivity index is 0.000000852. The largest absolute Gasteiger partial charge is 0.497 e. The second kappa shape index (κ2) is 17.2. The van der Waals surface area contributed by atoms with Crippen LogP contribution < -0.4 is 19.5 Å². The average Bonchev–Trinajstić information content (AvgIpc) is 2.84. The molecule has 0 fully saturated rings. The van der Waals surface area contributed by atoms with Crippen molar-refractivity contribution in [3.05, 3.63) is 54.1 Å². The lowest BCUT2D eigenvalue weighted by Crippen LogP contribution is -2.22. The number of carboxylic acid groups (broad SMARTS) is 2. The van der Waals surface area contributed by atoms with Gasteiger partial charge in [0.15, 0.2) is 11.5 Å². The van der Waals surface area contributed by atoms with E-state index in [1.807, 2.05) is 50.2 Å². The van der Waals surface area contributed by atoms with Crippen LogP contribution in [0, 0.1) is 0 Å². The van der Waals surface area contributed by atoms with Gasteiger partial charge in [-0.1, -0.05) is 24.3 Å². The Kier molecular flexibility index (Phi) is 14.5. The fourth-order valence-electron chi connectivity index (χ4n) is 2.98. The Bertz CT molecular complexity index is 829. The van der Waals surface area contributed by atoms with Crippen molar-refractivity contribution in [1.29, 1.82) is 0 Å². The van der Waals surface area contributed by atoms with E-state index in [0.29, 0.717) is 19.8 Å². The van der Waals surface area contributed by atoms with Gasteiger partial charge in [-0.25, -0.2) is 9.59 Å². The summed E-state index contributed by atoms with van der Waals surface area (Å²) in [5, 5.41) is 18.2. The van der Waals surface area contributed by atoms with E-state index in [2.05, 4.69) is 17.4 Å². The molecule has 0 aromatic heterocycles. The Morgan fingerprint density at radius 3 is 2.03 bits per heavy atom. The number of hydrogen-bond donors (Lipinski definition) is 3. The maximum Gasteiger partial charge on any atom is 0.414 e. The second-order valence-corrected chi connectivity index (χ2v) is 6.95. The minimum absolute atomic E-state index is 0.118. The van der Waals surface area contributed by atoms with Gasteiger partial charge in [0.05, 0.1) is 19.8 Å². The maximum absolute atomic E-state index is 9.10. The zero-order valence-electron chi connectivity index (χ0n) is 20.0. The van der Waals surface area contributed by atoms with Crippen LogP contribution in [0.4, 0.5) is 0 Å². The Hall–Kier alpha value is -3.30. The van der Waals surface area contributed by atoms with E-state index in [1.54, 1.807) is 7.11 Å². The normalized spacial score (nSPS) is 11.0. The smallest absolute Gasteiger partial charge is 0.414 e. The molecule has 9 nitrogen and oxygen atoms in total. The minimum Gasteiger partial charge on any atom is -0.497 e. The van der Waals surface area contributed by atoms with Crippen LogP contribution in [-0.2, 0) is 14.3 Å². The summed E-state index contributed by atoms with van der Waals surface area (Å²) in [6.45, 7) is 7.67. The van der Waals surface area contributed by atoms with Gasteiger partial charge in [-0.05, 0) is 63.1 Å². The van der Waals surface area contributed by atoms with Gasteiger partial charge in [0.1, 0.15) is 12.4 Å². The summed E-state index contributed by atoms with van der Waals surface area (Å²) < 4.78 is 22.5. The van der Waals surface area contributed by atoms with Crippen LogP contribution >= 0.6 is 0 Å². The van der Waals surface area contributed by atoms with Gasteiger partial charge in [0.2, 0.25) is 0 Å². The summed E-state index contributed by atoms with van der Waals surface area (Å²) >= 11 is 0. The summed E-state index contributed by atoms with van der Waals surface area (Å²) in [7, 11) is 1.68. The molecule has 34 heavy (non-hydrogen) atoms. The fourth-order valence-corrected chi connectivity index (χ4v) is 2.98. The first-order valence-corrected chi connectivity index (χ1v) is 11.2. The van der Waals surface area contributed by atoms with Gasteiger partial charge >= 0.3 is 11.9 Å². The Morgan fingerprint density at radius 1 is 0.882 bits per heavy atom. The van der Waals surface area contributed by atoms with E-state index >= 15 is 0 Å². The average molecular weight is 478 g/mol. The summed E-state index contributed by atoms with van der Waals surface area (Å²) in [5.41, 5.74) is 1.19. The predicted octanol–water partition coefficient (Wildman–Crippen LogP) is 3.78. The molecule has 0 aliphatic carbocycles. The lowest BCUT2D eigenvalue weighted by molar-refractivity contribution is -0.159. The summed E-state index contributed by atoms with van der Waals surface area (Å²) in [4.78, 5) is 18.2. The number of carboxylic acids is 2. The van der Waals surface area contributed by atoms with E-state index in [0.717, 1.165) is 43.2 Å². The van der Waals surface area contributed by atoms with Crippen LogP contribution in [0.1, 0.15) is 38.4 Å². The topological polar surface area (TPSA) is 124 Å². The van der Waals surface area contributed by atoms with Crippen LogP contribution in [-0.4, -0.2) is 62.2 Å². The molecular formula is C25H35NO8. The highest BCUT2D eigenvalue weighted by molar-refractivity contribution is 6.27. The highest BCUT2D eigenvalue weighted by Crippen LogP contribution is 2.26. The molecule has 0 saturated heterocycles. The molecule has 0 aliphatic rings. The maximum atomic E-state index is 9.10. The molecule has 0 heterocycles. The number of hydrogen-bond acceptors (Lipinski definition) is 7. The van der Waals surface area contributed by atoms with Crippen LogP contribution in [0.2, 0.25) is 0 Å². The van der Waals surface area contributed by atoms with Crippen molar-refractivity contribution >= 4 is 11.9 Å². The Morgan fingerprint density at radius 2 is 1.50 bits per heavy atom. The standard InChI is InChI=1S/C23H33NO4.C2H2O4/c1-4-26-21(19-12-14-20(25-3)15-13-19)11-8-16-24-17-18-28-23-10-7-6-9-22(23)27-5-2;3-1(4)2(5)6/h6-7,9-10,12-15,21,24H,4-5,8,11,16-18H2,1-3H3;(H,3,4)(H,5,6). The van der Waals surface area contributed by atoms with Crippen molar-refractivity contribution in [3.8, 4) is 17.2 Å². The van der Waals surface area contributed by atoms with Crippen molar-refractivity contribution in [2.75, 3.05) is 40.0 Å². The lowest BCUT2D eigenvalue weighted by atomic mass is 10.0. The molecule has 1 atom stereocenters. The third kappa shape index (κ3) is 11.5. The highest BCUT2D eigenvalue weighted by atomic mass is 16.5. The molecule has 0 amide bonds. The lowest BCUT2D eigenvalue weighted by Gasteiger charge is -2.18. The number of nitrogens with one attached hydrogen (secondary N) is 1. The number of ether oxygens (including phenoxy) is 4. The van der Waals surface area contributed by atoms with Gasteiger partial charge in [-0.2, -0.15) is 0 Å². The molecule has 1 unspecified atom stereocenters. The first-order valence-electron chi connectivity index (χ1n) is 11.2. The van der Waals surface area contributed by atoms with E-state index in [9.17, 15) is 0 Å². The van der Waals surface area contributed by atoms with Gasteiger partial charge in [-0.3, -0.25) is 0 Å². The number of benzene rings is 2. The van der Waals surface area contributed by atoms with E-state index < -0.39 is 11.9 Å². The monoisotopic (exact) mass is 477 g/mol. The SMILES string of the molecule is CCOc1ccccc1OCCNCCCC(OCC)c1ccc(OC)cc1.O=C(O)C(=O)O. The zero-order valence-corrected chi connectivity index (χ0v) is 20.0. The first-order chi connectivity index (χ1) is 16.4. The molecule has 0 radical (unpaired) electrons. The molecule has 0 spiro atoms. The van der Waals surface area contributed by atoms with Crippen LogP contribution in [0.15, 0.2) is 48.5 Å². The van der Waals surface area contributed by atoms with Gasteiger partial charge in [0, 0.05) is 13.2 Å². The van der Waals surface area contributed by atoms with Crippen LogP contribution in [0.5, 0.6) is 17.2 Å². The van der Waals surface area contributed by atoms with Gasteiger partial charge in [-0.15, -0.1) is 0 Å². The molecule has 2 aromatic carbocycles. The quantitative estimate of drug-likeness (QED) is 0.275. The molecule has 0 saturated carbocycles. The molecule has 9 heteroatoms. The highest BCUT2D eigenvalue weighted by Gasteiger charge is 2.11. The second-order valence-electron chi connectivity index (χ2n) is 6.95. The fraction of sp³-hybridized carbons (Fsp3) is 0.440. The molecule has 2 rings (SSSR count). The first kappa shape index (κ1) is 28.7. The number of para-hydroxylation sites is 2. The molecule has 3 N–H and O–H groups in total. The zero-order chi connectivity index (χ0) is 25.2. The van der Waals surface area contributed by atoms with Crippen LogP contribution in [0.3, 0.4) is 0 Å². The van der Waals surface area contributed by atoms with Crippen molar-refractivity contribution in [3.63, 3.8) is 0 Å². The van der Waals surface area contributed by atoms with Crippen molar-refractivity contribution in [1.82, 2.24) is 5.32 Å². The minimum atomic E-state index is -1.82. The third-order valence-electron chi connectivity index (χ3n) is 4.54. The van der Waals surface area contributed by atoms with Gasteiger partial charge in [0.25, 0.3) is 0 Å². The van der Waals surface area contributed by atoms with E-state index in [4.69, 9.17) is 38.7 Å². The molecule has 2 aromatic rings. The predicted molar refractivity (Wildman–Crippen MR) is 128 cm³/mol. The van der Waals surface area contributed by atoms with Crippen LogP contribution in [0.25, 0.3) is 0 Å². The molecular weight excluding hydrogens is 442 g/mol. The van der Waals surface area contributed by atoms with Crippen molar-refractivity contribution in [2.45, 2.75) is 32.8 Å². The summed E-state index contributed by atoms with van der Waals surface area (Å²) in [6, 6.07) is 15.9. The van der Waals surface area contributed by atoms with Crippen molar-refractivity contribution in [2.24, 2.45) is 0 Å². The number of aliphatic carboxylic acids is 2. The van der Waals surface area contributed by atoms with E-state index in [-0.39, 0.29) is 6.10 Å². The van der Waals surface area contributed by atoms with Crippen molar-refractivity contribution < 1.29 is 38.7 Å². The summed E-state index contributed by atoms with van der Waals surface area (Å²) in [6.07, 6.45) is 2.12. The molecule has 0 bridgehead atoms. The summed E-state index contributed by atoms with van der Waals surface area (Å²) in [5.74, 6) is -1.19. The number of methoxy groups -OCH3 is 1. The Labute approximate surface area is 200 Å². The van der Waals surface area contributed by atoms with Gasteiger partial charge < -0.3 is 34.5 Å². The third-order valence-corrected chi connectivity index (χ3v) is 4.54. The van der Waals surface area contributed by atoms with E-state index in [1.165, 1.54) is 5.56 Å². The number of carbonyl (C=O) groups is 2. The number of rotatable bonds is 14. The molecule has 0 aliphatic heterocycles. The molecule has 188 valence electrons.